The van der Waals surface area contributed by atoms with Crippen LogP contribution in [0.4, 0.5) is 0 Å². The Morgan fingerprint density at radius 1 is 1.21 bits per heavy atom. The largest absolute Gasteiger partial charge is 0.454 e. The lowest BCUT2D eigenvalue weighted by Gasteiger charge is -2.35. The molecular weight excluding hydrogens is 374 g/mol. The zero-order valence-corrected chi connectivity index (χ0v) is 16.5. The second kappa shape index (κ2) is 7.66. The van der Waals surface area contributed by atoms with Gasteiger partial charge in [0.25, 0.3) is 5.91 Å². The van der Waals surface area contributed by atoms with Gasteiger partial charge in [-0.15, -0.1) is 11.3 Å². The smallest absolute Gasteiger partial charge is 0.273 e. The van der Waals surface area contributed by atoms with Crippen LogP contribution in [0, 0.1) is 0 Å². The molecule has 0 aliphatic carbocycles. The molecule has 2 aliphatic rings. The Bertz CT molecular complexity index is 935. The van der Waals surface area contributed by atoms with Gasteiger partial charge in [0.2, 0.25) is 0 Å². The molecule has 2 fully saturated rings. The summed E-state index contributed by atoms with van der Waals surface area (Å²) in [6, 6.07) is 9.86. The summed E-state index contributed by atoms with van der Waals surface area (Å²) in [5, 5.41) is 3.63. The maximum absolute atomic E-state index is 12.9. The molecule has 6 nitrogen and oxygen atoms in total. The van der Waals surface area contributed by atoms with Crippen molar-refractivity contribution in [1.82, 2.24) is 14.8 Å². The number of carbonyl (C=O) groups excluding carboxylic acids is 1. The fourth-order valence-corrected chi connectivity index (χ4v) is 4.69. The van der Waals surface area contributed by atoms with Gasteiger partial charge in [-0.3, -0.25) is 9.69 Å². The van der Waals surface area contributed by atoms with E-state index in [9.17, 15) is 4.79 Å². The number of thiazole rings is 1. The van der Waals surface area contributed by atoms with Gasteiger partial charge in [0, 0.05) is 50.1 Å². The average molecular weight is 398 g/mol. The van der Waals surface area contributed by atoms with Gasteiger partial charge in [0.15, 0.2) is 10.8 Å². The quantitative estimate of drug-likeness (QED) is 0.674. The number of benzene rings is 1. The Labute approximate surface area is 167 Å². The molecule has 0 N–H and O–H groups in total. The molecule has 5 rings (SSSR count). The zero-order valence-electron chi connectivity index (χ0n) is 15.7. The standard InChI is InChI=1S/C21H23N3O3S/c25-21(24-9-7-23(8-10-24)13-16-5-3-11-26-16)17-14-28-20(22-17)19-12-15-4-1-2-6-18(15)27-19/h1-2,4,6,12,14,16H,3,5,7-11,13H2/t16-/m0/s1. The second-order valence-corrected chi connectivity index (χ2v) is 8.27. The first-order chi connectivity index (χ1) is 13.8. The molecule has 1 atom stereocenters. The summed E-state index contributed by atoms with van der Waals surface area (Å²) < 4.78 is 11.6. The number of hydrogen-bond donors (Lipinski definition) is 0. The first-order valence-corrected chi connectivity index (χ1v) is 10.7. The Kier molecular flexibility index (Phi) is 4.88. The van der Waals surface area contributed by atoms with Crippen molar-refractivity contribution in [2.24, 2.45) is 0 Å². The minimum Gasteiger partial charge on any atom is -0.454 e. The number of fused-ring (bicyclic) bond motifs is 1. The van der Waals surface area contributed by atoms with Crippen LogP contribution in [0.25, 0.3) is 21.7 Å². The first-order valence-electron chi connectivity index (χ1n) is 9.84. The van der Waals surface area contributed by atoms with E-state index in [1.54, 1.807) is 0 Å². The van der Waals surface area contributed by atoms with E-state index in [4.69, 9.17) is 9.15 Å². The highest BCUT2D eigenvalue weighted by Gasteiger charge is 2.26. The number of para-hydroxylation sites is 1. The van der Waals surface area contributed by atoms with Crippen LogP contribution in [0.5, 0.6) is 0 Å². The highest BCUT2D eigenvalue weighted by molar-refractivity contribution is 7.13. The molecule has 28 heavy (non-hydrogen) atoms. The highest BCUT2D eigenvalue weighted by Crippen LogP contribution is 2.30. The van der Waals surface area contributed by atoms with Gasteiger partial charge < -0.3 is 14.1 Å². The van der Waals surface area contributed by atoms with Gasteiger partial charge in [-0.2, -0.15) is 0 Å². The van der Waals surface area contributed by atoms with Crippen molar-refractivity contribution in [2.75, 3.05) is 39.3 Å². The molecule has 0 radical (unpaired) electrons. The summed E-state index contributed by atoms with van der Waals surface area (Å²) in [6.07, 6.45) is 2.69. The number of carbonyl (C=O) groups is 1. The lowest BCUT2D eigenvalue weighted by molar-refractivity contribution is 0.0430. The van der Waals surface area contributed by atoms with Crippen molar-refractivity contribution in [3.63, 3.8) is 0 Å². The van der Waals surface area contributed by atoms with Crippen molar-refractivity contribution < 1.29 is 13.9 Å². The molecule has 2 aliphatic heterocycles. The number of amides is 1. The fourth-order valence-electron chi connectivity index (χ4n) is 3.94. The molecule has 146 valence electrons. The highest BCUT2D eigenvalue weighted by atomic mass is 32.1. The minimum atomic E-state index is 0.00961. The second-order valence-electron chi connectivity index (χ2n) is 7.41. The predicted molar refractivity (Wildman–Crippen MR) is 109 cm³/mol. The monoisotopic (exact) mass is 397 g/mol. The van der Waals surface area contributed by atoms with Crippen molar-refractivity contribution in [2.45, 2.75) is 18.9 Å². The van der Waals surface area contributed by atoms with Gasteiger partial charge in [-0.1, -0.05) is 18.2 Å². The summed E-state index contributed by atoms with van der Waals surface area (Å²) in [4.78, 5) is 21.7. The summed E-state index contributed by atoms with van der Waals surface area (Å²) in [5.74, 6) is 0.724. The average Bonchev–Trinajstić information content (AvgIpc) is 3.47. The zero-order chi connectivity index (χ0) is 18.9. The normalized spacial score (nSPS) is 20.9. The molecule has 4 heterocycles. The van der Waals surface area contributed by atoms with E-state index in [1.807, 2.05) is 40.6 Å². The van der Waals surface area contributed by atoms with Crippen molar-refractivity contribution in [1.29, 1.82) is 0 Å². The van der Waals surface area contributed by atoms with Gasteiger partial charge >= 0.3 is 0 Å². The lowest BCUT2D eigenvalue weighted by atomic mass is 10.2. The molecule has 1 amide bonds. The number of rotatable bonds is 4. The van der Waals surface area contributed by atoms with Crippen LogP contribution in [0.1, 0.15) is 23.3 Å². The van der Waals surface area contributed by atoms with Crippen LogP contribution >= 0.6 is 11.3 Å². The van der Waals surface area contributed by atoms with Gasteiger partial charge in [-0.25, -0.2) is 4.98 Å². The van der Waals surface area contributed by atoms with Crippen LogP contribution < -0.4 is 0 Å². The summed E-state index contributed by atoms with van der Waals surface area (Å²) in [7, 11) is 0. The number of piperazine rings is 1. The van der Waals surface area contributed by atoms with Crippen molar-refractivity contribution in [3.05, 3.63) is 41.4 Å². The third-order valence-corrected chi connectivity index (χ3v) is 6.36. The topological polar surface area (TPSA) is 58.8 Å². The maximum atomic E-state index is 12.9. The molecule has 0 saturated carbocycles. The Hall–Kier alpha value is -2.22. The summed E-state index contributed by atoms with van der Waals surface area (Å²) >= 11 is 1.45. The molecule has 2 saturated heterocycles. The van der Waals surface area contributed by atoms with E-state index in [0.717, 1.165) is 61.7 Å². The van der Waals surface area contributed by atoms with E-state index in [1.165, 1.54) is 17.8 Å². The molecule has 7 heteroatoms. The molecule has 1 aromatic carbocycles. The van der Waals surface area contributed by atoms with E-state index in [0.29, 0.717) is 17.6 Å². The Morgan fingerprint density at radius 2 is 2.07 bits per heavy atom. The van der Waals surface area contributed by atoms with Gasteiger partial charge in [0.1, 0.15) is 11.3 Å². The Morgan fingerprint density at radius 3 is 2.86 bits per heavy atom. The first kappa shape index (κ1) is 17.8. The van der Waals surface area contributed by atoms with Crippen molar-refractivity contribution in [3.8, 4) is 10.8 Å². The molecule has 0 spiro atoms. The minimum absolute atomic E-state index is 0.00961. The molecule has 2 aromatic heterocycles. The third-order valence-electron chi connectivity index (χ3n) is 5.50. The van der Waals surface area contributed by atoms with Crippen LogP contribution in [-0.4, -0.2) is 66.1 Å². The predicted octanol–water partition coefficient (Wildman–Crippen LogP) is 3.49. The van der Waals surface area contributed by atoms with E-state index < -0.39 is 0 Å². The molecule has 3 aromatic rings. The fraction of sp³-hybridized carbons (Fsp3) is 0.429. The Balaban J connectivity index is 1.23. The van der Waals surface area contributed by atoms with Crippen LogP contribution in [0.2, 0.25) is 0 Å². The van der Waals surface area contributed by atoms with Gasteiger partial charge in [0.05, 0.1) is 6.10 Å². The number of nitrogens with zero attached hydrogens (tertiary/aromatic N) is 3. The van der Waals surface area contributed by atoms with Crippen LogP contribution in [0.3, 0.4) is 0 Å². The maximum Gasteiger partial charge on any atom is 0.273 e. The summed E-state index contributed by atoms with van der Waals surface area (Å²) in [6.45, 7) is 5.14. The lowest BCUT2D eigenvalue weighted by Crippen LogP contribution is -2.50. The third kappa shape index (κ3) is 3.57. The molecular formula is C21H23N3O3S. The molecule has 0 unspecified atom stereocenters. The summed E-state index contributed by atoms with van der Waals surface area (Å²) in [5.41, 5.74) is 1.34. The number of ether oxygens (including phenoxy) is 1. The number of aromatic nitrogens is 1. The number of hydrogen-bond acceptors (Lipinski definition) is 6. The van der Waals surface area contributed by atoms with E-state index in [-0.39, 0.29) is 5.91 Å². The SMILES string of the molecule is O=C(c1csc(-c2cc3ccccc3o2)n1)N1CCN(C[C@@H]2CCCO2)CC1. The van der Waals surface area contributed by atoms with Gasteiger partial charge in [-0.05, 0) is 25.0 Å². The van der Waals surface area contributed by atoms with Crippen molar-refractivity contribution >= 4 is 28.2 Å². The number of furan rings is 1. The van der Waals surface area contributed by atoms with Crippen LogP contribution in [-0.2, 0) is 4.74 Å². The van der Waals surface area contributed by atoms with Crippen LogP contribution in [0.15, 0.2) is 40.1 Å². The molecule has 0 bridgehead atoms. The van der Waals surface area contributed by atoms with E-state index in [2.05, 4.69) is 9.88 Å². The van der Waals surface area contributed by atoms with E-state index >= 15 is 0 Å².